The monoisotopic (exact) mass is 305 g/mol. The highest BCUT2D eigenvalue weighted by molar-refractivity contribution is 5.85. The van der Waals surface area contributed by atoms with Crippen LogP contribution in [0.3, 0.4) is 0 Å². The van der Waals surface area contributed by atoms with E-state index in [9.17, 15) is 13.2 Å². The number of aromatic nitrogens is 2. The standard InChI is InChI=1S/C13H14F3N3.ClH/c14-13(15,16)12-4-1-3-10(7-12)11-8-18-19(9-11)6-2-5-17;/h1,3-4,7-9H,2,5-6,17H2;1H. The lowest BCUT2D eigenvalue weighted by molar-refractivity contribution is -0.137. The van der Waals surface area contributed by atoms with E-state index < -0.39 is 11.7 Å². The van der Waals surface area contributed by atoms with Crippen LogP contribution in [0.1, 0.15) is 12.0 Å². The van der Waals surface area contributed by atoms with Crippen molar-refractivity contribution in [2.45, 2.75) is 19.1 Å². The molecule has 0 saturated heterocycles. The number of nitrogens with two attached hydrogens (primary N) is 1. The summed E-state index contributed by atoms with van der Waals surface area (Å²) >= 11 is 0. The molecule has 20 heavy (non-hydrogen) atoms. The number of rotatable bonds is 4. The number of benzene rings is 1. The number of hydrogen-bond acceptors (Lipinski definition) is 2. The molecule has 0 unspecified atom stereocenters. The van der Waals surface area contributed by atoms with Crippen molar-refractivity contribution in [1.29, 1.82) is 0 Å². The highest BCUT2D eigenvalue weighted by Gasteiger charge is 2.30. The Kier molecular flexibility index (Phi) is 5.59. The number of halogens is 4. The molecule has 1 aromatic heterocycles. The molecule has 0 fully saturated rings. The van der Waals surface area contributed by atoms with Crippen LogP contribution in [0, 0.1) is 0 Å². The second-order valence-corrected chi connectivity index (χ2v) is 4.21. The minimum Gasteiger partial charge on any atom is -0.330 e. The Labute approximate surface area is 121 Å². The molecule has 3 nitrogen and oxygen atoms in total. The van der Waals surface area contributed by atoms with Gasteiger partial charge in [0.2, 0.25) is 0 Å². The Balaban J connectivity index is 0.00000200. The van der Waals surface area contributed by atoms with Crippen molar-refractivity contribution in [2.24, 2.45) is 5.73 Å². The molecule has 110 valence electrons. The molecular formula is C13H15ClF3N3. The van der Waals surface area contributed by atoms with Crippen molar-refractivity contribution in [3.05, 3.63) is 42.2 Å². The molecule has 7 heteroatoms. The molecule has 0 spiro atoms. The molecule has 0 aliphatic carbocycles. The minimum atomic E-state index is -4.33. The normalized spacial score (nSPS) is 11.2. The Bertz CT molecular complexity index is 552. The van der Waals surface area contributed by atoms with E-state index in [0.717, 1.165) is 18.6 Å². The van der Waals surface area contributed by atoms with Gasteiger partial charge < -0.3 is 5.73 Å². The molecule has 0 bridgehead atoms. The van der Waals surface area contributed by atoms with Gasteiger partial charge in [-0.25, -0.2) is 0 Å². The van der Waals surface area contributed by atoms with Crippen molar-refractivity contribution in [2.75, 3.05) is 6.54 Å². The van der Waals surface area contributed by atoms with Gasteiger partial charge in [0.05, 0.1) is 11.8 Å². The van der Waals surface area contributed by atoms with Gasteiger partial charge in [0.15, 0.2) is 0 Å². The predicted molar refractivity (Wildman–Crippen MR) is 73.6 cm³/mol. The largest absolute Gasteiger partial charge is 0.416 e. The van der Waals surface area contributed by atoms with Crippen LogP contribution >= 0.6 is 12.4 Å². The maximum Gasteiger partial charge on any atom is 0.416 e. The first-order valence-electron chi connectivity index (χ1n) is 5.91. The fraction of sp³-hybridized carbons (Fsp3) is 0.308. The van der Waals surface area contributed by atoms with Gasteiger partial charge in [-0.3, -0.25) is 4.68 Å². The van der Waals surface area contributed by atoms with Crippen LogP contribution in [-0.2, 0) is 12.7 Å². The third-order valence-corrected chi connectivity index (χ3v) is 2.75. The van der Waals surface area contributed by atoms with Gasteiger partial charge >= 0.3 is 6.18 Å². The third-order valence-electron chi connectivity index (χ3n) is 2.75. The Morgan fingerprint density at radius 2 is 1.95 bits per heavy atom. The molecule has 1 aromatic carbocycles. The van der Waals surface area contributed by atoms with Crippen molar-refractivity contribution < 1.29 is 13.2 Å². The predicted octanol–water partition coefficient (Wildman–Crippen LogP) is 3.34. The molecule has 0 amide bonds. The van der Waals surface area contributed by atoms with Crippen molar-refractivity contribution in [3.8, 4) is 11.1 Å². The zero-order chi connectivity index (χ0) is 13.9. The van der Waals surface area contributed by atoms with Gasteiger partial charge in [0, 0.05) is 18.3 Å². The fourth-order valence-electron chi connectivity index (χ4n) is 1.76. The lowest BCUT2D eigenvalue weighted by atomic mass is 10.1. The average Bonchev–Trinajstić information content (AvgIpc) is 2.84. The number of nitrogens with zero attached hydrogens (tertiary/aromatic N) is 2. The molecule has 0 atom stereocenters. The lowest BCUT2D eigenvalue weighted by Crippen LogP contribution is -2.05. The second-order valence-electron chi connectivity index (χ2n) is 4.21. The maximum atomic E-state index is 12.6. The van der Waals surface area contributed by atoms with E-state index in [0.29, 0.717) is 24.2 Å². The van der Waals surface area contributed by atoms with Gasteiger partial charge in [-0.15, -0.1) is 12.4 Å². The smallest absolute Gasteiger partial charge is 0.330 e. The van der Waals surface area contributed by atoms with Gasteiger partial charge in [-0.2, -0.15) is 18.3 Å². The van der Waals surface area contributed by atoms with Gasteiger partial charge in [0.1, 0.15) is 0 Å². The van der Waals surface area contributed by atoms with E-state index in [1.807, 2.05) is 0 Å². The Hall–Kier alpha value is -1.53. The summed E-state index contributed by atoms with van der Waals surface area (Å²) in [5, 5.41) is 4.10. The summed E-state index contributed by atoms with van der Waals surface area (Å²) in [5.41, 5.74) is 5.92. The molecule has 0 saturated carbocycles. The minimum absolute atomic E-state index is 0. The maximum absolute atomic E-state index is 12.6. The summed E-state index contributed by atoms with van der Waals surface area (Å²) in [6, 6.07) is 5.22. The molecule has 0 aliphatic heterocycles. The van der Waals surface area contributed by atoms with Crippen molar-refractivity contribution in [1.82, 2.24) is 9.78 Å². The summed E-state index contributed by atoms with van der Waals surface area (Å²) in [7, 11) is 0. The molecule has 0 radical (unpaired) electrons. The van der Waals surface area contributed by atoms with E-state index in [4.69, 9.17) is 5.73 Å². The van der Waals surface area contributed by atoms with Crippen LogP contribution < -0.4 is 5.73 Å². The molecule has 2 N–H and O–H groups in total. The molecule has 1 heterocycles. The van der Waals surface area contributed by atoms with E-state index in [2.05, 4.69) is 5.10 Å². The molecule has 0 aliphatic rings. The van der Waals surface area contributed by atoms with Crippen LogP contribution in [-0.4, -0.2) is 16.3 Å². The van der Waals surface area contributed by atoms with Crippen LogP contribution in [0.2, 0.25) is 0 Å². The van der Waals surface area contributed by atoms with E-state index in [1.54, 1.807) is 23.1 Å². The summed E-state index contributed by atoms with van der Waals surface area (Å²) in [5.74, 6) is 0. The number of aryl methyl sites for hydroxylation is 1. The topological polar surface area (TPSA) is 43.8 Å². The fourth-order valence-corrected chi connectivity index (χ4v) is 1.76. The van der Waals surface area contributed by atoms with E-state index in [1.165, 1.54) is 6.07 Å². The van der Waals surface area contributed by atoms with Crippen LogP contribution in [0.5, 0.6) is 0 Å². The summed E-state index contributed by atoms with van der Waals surface area (Å²) in [6.45, 7) is 1.22. The molecule has 2 rings (SSSR count). The third kappa shape index (κ3) is 3.98. The quantitative estimate of drug-likeness (QED) is 0.941. The van der Waals surface area contributed by atoms with E-state index in [-0.39, 0.29) is 12.4 Å². The van der Waals surface area contributed by atoms with E-state index >= 15 is 0 Å². The first kappa shape index (κ1) is 16.5. The van der Waals surface area contributed by atoms with Crippen molar-refractivity contribution >= 4 is 12.4 Å². The zero-order valence-corrected chi connectivity index (χ0v) is 11.4. The SMILES string of the molecule is Cl.NCCCn1cc(-c2cccc(C(F)(F)F)c2)cn1. The molecular weight excluding hydrogens is 291 g/mol. The average molecular weight is 306 g/mol. The summed E-state index contributed by atoms with van der Waals surface area (Å²) < 4.78 is 39.5. The van der Waals surface area contributed by atoms with Crippen LogP contribution in [0.4, 0.5) is 13.2 Å². The first-order chi connectivity index (χ1) is 9.00. The second kappa shape index (κ2) is 6.76. The van der Waals surface area contributed by atoms with Crippen molar-refractivity contribution in [3.63, 3.8) is 0 Å². The molecule has 2 aromatic rings. The van der Waals surface area contributed by atoms with Crippen LogP contribution in [0.25, 0.3) is 11.1 Å². The zero-order valence-electron chi connectivity index (χ0n) is 10.6. The number of hydrogen-bond donors (Lipinski definition) is 1. The highest BCUT2D eigenvalue weighted by Crippen LogP contribution is 2.31. The van der Waals surface area contributed by atoms with Crippen LogP contribution in [0.15, 0.2) is 36.7 Å². The Morgan fingerprint density at radius 1 is 1.20 bits per heavy atom. The van der Waals surface area contributed by atoms with Gasteiger partial charge in [-0.1, -0.05) is 12.1 Å². The van der Waals surface area contributed by atoms with Gasteiger partial charge in [0.25, 0.3) is 0 Å². The summed E-state index contributed by atoms with van der Waals surface area (Å²) in [4.78, 5) is 0. The summed E-state index contributed by atoms with van der Waals surface area (Å²) in [6.07, 6.45) is -0.258. The first-order valence-corrected chi connectivity index (χ1v) is 5.91. The Morgan fingerprint density at radius 3 is 2.60 bits per heavy atom. The highest BCUT2D eigenvalue weighted by atomic mass is 35.5. The number of alkyl halides is 3. The lowest BCUT2D eigenvalue weighted by Gasteiger charge is -2.07. The van der Waals surface area contributed by atoms with Gasteiger partial charge in [-0.05, 0) is 30.7 Å².